The molecule has 0 saturated carbocycles. The summed E-state index contributed by atoms with van der Waals surface area (Å²) in [5, 5.41) is 16.6. The van der Waals surface area contributed by atoms with Crippen molar-refractivity contribution in [2.24, 2.45) is 4.36 Å². The molecule has 2 aromatic rings. The summed E-state index contributed by atoms with van der Waals surface area (Å²) >= 11 is 18.9. The Bertz CT molecular complexity index is 1400. The molecule has 16 heteroatoms. The number of amides is 2. The van der Waals surface area contributed by atoms with E-state index in [2.05, 4.69) is 20.4 Å². The van der Waals surface area contributed by atoms with Gasteiger partial charge >= 0.3 is 16.5 Å². The van der Waals surface area contributed by atoms with Gasteiger partial charge in [-0.1, -0.05) is 34.8 Å². The zero-order valence-electron chi connectivity index (χ0n) is 20.7. The minimum absolute atomic E-state index is 0.0157. The van der Waals surface area contributed by atoms with E-state index in [9.17, 15) is 27.9 Å². The molecule has 0 aliphatic carbocycles. The third-order valence-electron chi connectivity index (χ3n) is 5.70. The molecule has 0 spiro atoms. The zero-order valence-corrected chi connectivity index (χ0v) is 23.8. The molecule has 0 aromatic heterocycles. The number of aliphatic carboxylic acids is 1. The lowest BCUT2D eigenvalue weighted by Gasteiger charge is -2.30. The van der Waals surface area contributed by atoms with Crippen LogP contribution in [0.4, 0.5) is 0 Å². The van der Waals surface area contributed by atoms with Crippen LogP contribution in [-0.2, 0) is 28.3 Å². The Hall–Kier alpha value is -2.78. The van der Waals surface area contributed by atoms with Gasteiger partial charge < -0.3 is 15.3 Å². The van der Waals surface area contributed by atoms with Crippen LogP contribution in [0.5, 0.6) is 0 Å². The number of hydrogen-bond acceptors (Lipinski definition) is 9. The van der Waals surface area contributed by atoms with Crippen molar-refractivity contribution in [1.82, 2.24) is 26.0 Å². The summed E-state index contributed by atoms with van der Waals surface area (Å²) in [7, 11) is 0.390. The van der Waals surface area contributed by atoms with Crippen molar-refractivity contribution in [3.63, 3.8) is 0 Å². The van der Waals surface area contributed by atoms with Gasteiger partial charge in [-0.15, -0.1) is 4.36 Å². The molecule has 0 radical (unpaired) electrons. The maximum Gasteiger partial charge on any atom is 0.327 e. The fourth-order valence-electron chi connectivity index (χ4n) is 3.91. The normalized spacial score (nSPS) is 14.4. The van der Waals surface area contributed by atoms with Crippen LogP contribution in [0.2, 0.25) is 15.1 Å². The van der Waals surface area contributed by atoms with Crippen molar-refractivity contribution in [2.75, 3.05) is 27.2 Å². The Morgan fingerprint density at radius 3 is 2.41 bits per heavy atom. The highest BCUT2D eigenvalue weighted by molar-refractivity contribution is 7.61. The van der Waals surface area contributed by atoms with Crippen molar-refractivity contribution < 1.29 is 27.9 Å². The fraction of sp³-hybridized carbons (Fsp3) is 0.348. The molecular formula is C23H25Cl3N6O6S. The number of hydrogen-bond donors (Lipinski definition) is 4. The number of carbonyl (C=O) groups excluding carboxylic acids is 2. The molecule has 210 valence electrons. The van der Waals surface area contributed by atoms with Crippen molar-refractivity contribution in [3.05, 3.63) is 67.7 Å². The van der Waals surface area contributed by atoms with Crippen molar-refractivity contribution >= 4 is 63.1 Å². The lowest BCUT2D eigenvalue weighted by atomic mass is 9.96. The Morgan fingerprint density at radius 1 is 1.15 bits per heavy atom. The molecule has 1 heterocycles. The van der Waals surface area contributed by atoms with Crippen LogP contribution >= 0.6 is 34.8 Å². The largest absolute Gasteiger partial charge is 0.480 e. The third-order valence-corrected chi connectivity index (χ3v) is 7.05. The second-order valence-electron chi connectivity index (χ2n) is 8.69. The number of fused-ring (bicyclic) bond motifs is 1. The molecule has 2 aromatic carbocycles. The first-order valence-electron chi connectivity index (χ1n) is 11.4. The maximum absolute atomic E-state index is 13.1. The van der Waals surface area contributed by atoms with Gasteiger partial charge in [0, 0.05) is 44.3 Å². The van der Waals surface area contributed by atoms with E-state index < -0.39 is 34.7 Å². The highest BCUT2D eigenvalue weighted by atomic mass is 35.5. The number of nitrogens with one attached hydrogen (secondary N) is 3. The molecule has 1 aliphatic heterocycles. The van der Waals surface area contributed by atoms with Gasteiger partial charge in [0.2, 0.25) is 0 Å². The minimum atomic E-state index is -2.78. The van der Waals surface area contributed by atoms with Gasteiger partial charge in [0.25, 0.3) is 11.8 Å². The summed E-state index contributed by atoms with van der Waals surface area (Å²) in [6, 6.07) is 6.58. The van der Waals surface area contributed by atoms with Crippen LogP contribution < -0.4 is 16.1 Å². The molecule has 0 fully saturated rings. The molecular weight excluding hydrogens is 595 g/mol. The Balaban J connectivity index is 1.76. The number of carboxylic acids is 1. The monoisotopic (exact) mass is 618 g/mol. The van der Waals surface area contributed by atoms with Gasteiger partial charge in [0.05, 0.1) is 15.6 Å². The molecule has 39 heavy (non-hydrogen) atoms. The van der Waals surface area contributed by atoms with Gasteiger partial charge in [-0.05, 0) is 47.9 Å². The second-order valence-corrected chi connectivity index (χ2v) is 10.6. The Morgan fingerprint density at radius 2 is 1.82 bits per heavy atom. The van der Waals surface area contributed by atoms with Crippen LogP contribution in [0.3, 0.4) is 0 Å². The topological polar surface area (TPSA) is 161 Å². The van der Waals surface area contributed by atoms with Gasteiger partial charge in [0.15, 0.2) is 6.29 Å². The molecule has 1 unspecified atom stereocenters. The second kappa shape index (κ2) is 13.5. The van der Waals surface area contributed by atoms with Crippen molar-refractivity contribution in [2.45, 2.75) is 25.3 Å². The summed E-state index contributed by atoms with van der Waals surface area (Å²) in [5.74, 6) is -2.41. The maximum atomic E-state index is 13.1. The summed E-state index contributed by atoms with van der Waals surface area (Å²) < 4.78 is 25.3. The van der Waals surface area contributed by atoms with Crippen LogP contribution in [0, 0.1) is 0 Å². The first kappa shape index (κ1) is 30.8. The van der Waals surface area contributed by atoms with Crippen LogP contribution in [-0.4, -0.2) is 80.7 Å². The van der Waals surface area contributed by atoms with E-state index >= 15 is 0 Å². The summed E-state index contributed by atoms with van der Waals surface area (Å²) in [6.07, 6.45) is -0.827. The van der Waals surface area contributed by atoms with Gasteiger partial charge in [-0.3, -0.25) is 14.9 Å². The number of halogens is 3. The van der Waals surface area contributed by atoms with Gasteiger partial charge in [-0.25, -0.2) is 15.2 Å². The van der Waals surface area contributed by atoms with Gasteiger partial charge in [0.1, 0.15) is 6.04 Å². The zero-order chi connectivity index (χ0) is 28.9. The average Bonchev–Trinajstić information content (AvgIpc) is 2.85. The standard InChI is InChI=1S/C23H25Cl3N6O6S/c1-31(2)29-23(30-39(37)38)27-10-17(22(35)36)28-20(33)18-16(25)9-13-11-32(8-7-15(13)19(18)26)21(34)12-3-5-14(24)6-4-12/h3-6,9,17,23,27,29H,7-8,10-11H2,1-2H3,(H,28,33)(H,35,36)/t17-,23?/m0/s1. The molecule has 4 N–H and O–H groups in total. The SMILES string of the molecule is CN(C)NC(N=S(=O)=O)NC[C@H](NC(=O)c1c(Cl)cc2c(c1Cl)CCN(C(=O)c1ccc(Cl)cc1)C2)C(=O)O. The predicted molar refractivity (Wildman–Crippen MR) is 145 cm³/mol. The summed E-state index contributed by atoms with van der Waals surface area (Å²) in [4.78, 5) is 39.4. The Kier molecular flexibility index (Phi) is 10.7. The quantitative estimate of drug-likeness (QED) is 0.230. The number of carboxylic acid groups (broad SMARTS) is 1. The molecule has 3 rings (SSSR count). The molecule has 0 saturated heterocycles. The average molecular weight is 620 g/mol. The number of nitrogens with zero attached hydrogens (tertiary/aromatic N) is 3. The van der Waals surface area contributed by atoms with Crippen LogP contribution in [0.25, 0.3) is 0 Å². The minimum Gasteiger partial charge on any atom is -0.480 e. The van der Waals surface area contributed by atoms with E-state index in [0.29, 0.717) is 34.7 Å². The number of benzene rings is 2. The highest BCUT2D eigenvalue weighted by Gasteiger charge is 2.30. The van der Waals surface area contributed by atoms with Crippen molar-refractivity contribution in [3.8, 4) is 0 Å². The molecule has 12 nitrogen and oxygen atoms in total. The van der Waals surface area contributed by atoms with E-state index in [-0.39, 0.29) is 34.6 Å². The first-order valence-corrected chi connectivity index (χ1v) is 13.6. The number of rotatable bonds is 10. The van der Waals surface area contributed by atoms with Crippen LogP contribution in [0.1, 0.15) is 31.8 Å². The number of hydrazine groups is 1. The molecule has 1 aliphatic rings. The van der Waals surface area contributed by atoms with E-state index in [1.807, 2.05) is 0 Å². The molecule has 2 amide bonds. The fourth-order valence-corrected chi connectivity index (χ4v) is 5.09. The highest BCUT2D eigenvalue weighted by Crippen LogP contribution is 2.35. The van der Waals surface area contributed by atoms with Crippen molar-refractivity contribution in [1.29, 1.82) is 0 Å². The molecule has 0 bridgehead atoms. The summed E-state index contributed by atoms with van der Waals surface area (Å²) in [5.41, 5.74) is 4.31. The van der Waals surface area contributed by atoms with Crippen LogP contribution in [0.15, 0.2) is 34.7 Å². The van der Waals surface area contributed by atoms with Gasteiger partial charge in [-0.2, -0.15) is 8.42 Å². The lowest BCUT2D eigenvalue weighted by Crippen LogP contribution is -2.54. The smallest absolute Gasteiger partial charge is 0.327 e. The summed E-state index contributed by atoms with van der Waals surface area (Å²) in [6.45, 7) is 0.170. The first-order chi connectivity index (χ1) is 18.4. The lowest BCUT2D eigenvalue weighted by molar-refractivity contribution is -0.139. The van der Waals surface area contributed by atoms with E-state index in [0.717, 1.165) is 0 Å². The Labute approximate surface area is 240 Å². The third kappa shape index (κ3) is 8.11. The van der Waals surface area contributed by atoms with E-state index in [1.54, 1.807) is 43.3 Å². The number of carbonyl (C=O) groups is 3. The van der Waals surface area contributed by atoms with E-state index in [1.165, 1.54) is 11.1 Å². The predicted octanol–water partition coefficient (Wildman–Crippen LogP) is 2.03. The molecule has 2 atom stereocenters. The van der Waals surface area contributed by atoms with E-state index in [4.69, 9.17) is 34.8 Å².